The zero-order valence-corrected chi connectivity index (χ0v) is 8.38. The van der Waals surface area contributed by atoms with Crippen LogP contribution in [0, 0.1) is 18.3 Å². The number of hydrogen-bond acceptors (Lipinski definition) is 2. The third kappa shape index (κ3) is 1.64. The van der Waals surface area contributed by atoms with Crippen LogP contribution in [-0.4, -0.2) is 6.54 Å². The standard InChI is InChI=1S/C12H14N2/c1-9-4-5-10(8-13)7-11(9)12-3-2-6-14-12/h4-5,7,12,14H,2-3,6H2,1H3/t12-/m0/s1. The Morgan fingerprint density at radius 2 is 2.36 bits per heavy atom. The second-order valence-electron chi connectivity index (χ2n) is 3.83. The second kappa shape index (κ2) is 3.81. The van der Waals surface area contributed by atoms with E-state index in [1.807, 2.05) is 18.2 Å². The van der Waals surface area contributed by atoms with E-state index in [2.05, 4.69) is 18.3 Å². The lowest BCUT2D eigenvalue weighted by Gasteiger charge is -2.13. The summed E-state index contributed by atoms with van der Waals surface area (Å²) in [5, 5.41) is 12.3. The molecule has 1 heterocycles. The van der Waals surface area contributed by atoms with Gasteiger partial charge >= 0.3 is 0 Å². The topological polar surface area (TPSA) is 35.8 Å². The van der Waals surface area contributed by atoms with Crippen molar-refractivity contribution in [2.75, 3.05) is 6.54 Å². The van der Waals surface area contributed by atoms with E-state index in [9.17, 15) is 0 Å². The summed E-state index contributed by atoms with van der Waals surface area (Å²) in [5.74, 6) is 0. The number of hydrogen-bond donors (Lipinski definition) is 1. The van der Waals surface area contributed by atoms with Crippen molar-refractivity contribution in [2.24, 2.45) is 0 Å². The van der Waals surface area contributed by atoms with Gasteiger partial charge in [-0.25, -0.2) is 0 Å². The molecule has 1 atom stereocenters. The van der Waals surface area contributed by atoms with Crippen molar-refractivity contribution < 1.29 is 0 Å². The molecule has 0 amide bonds. The minimum atomic E-state index is 0.461. The highest BCUT2D eigenvalue weighted by Gasteiger charge is 2.17. The number of benzene rings is 1. The lowest BCUT2D eigenvalue weighted by Crippen LogP contribution is -2.14. The highest BCUT2D eigenvalue weighted by molar-refractivity contribution is 5.39. The van der Waals surface area contributed by atoms with E-state index >= 15 is 0 Å². The molecule has 2 nitrogen and oxygen atoms in total. The molecule has 0 unspecified atom stereocenters. The summed E-state index contributed by atoms with van der Waals surface area (Å²) in [6.07, 6.45) is 2.43. The van der Waals surface area contributed by atoms with Crippen LogP contribution in [0.25, 0.3) is 0 Å². The van der Waals surface area contributed by atoms with E-state index < -0.39 is 0 Å². The van der Waals surface area contributed by atoms with E-state index in [1.54, 1.807) is 0 Å². The van der Waals surface area contributed by atoms with Gasteiger partial charge in [0.2, 0.25) is 0 Å². The van der Waals surface area contributed by atoms with Crippen LogP contribution in [0.1, 0.15) is 35.6 Å². The molecule has 2 heteroatoms. The summed E-state index contributed by atoms with van der Waals surface area (Å²) in [6, 6.07) is 8.58. The Morgan fingerprint density at radius 3 is 3.00 bits per heavy atom. The smallest absolute Gasteiger partial charge is 0.0991 e. The van der Waals surface area contributed by atoms with E-state index in [-0.39, 0.29) is 0 Å². The zero-order chi connectivity index (χ0) is 9.97. The van der Waals surface area contributed by atoms with E-state index in [0.717, 1.165) is 12.1 Å². The third-order valence-corrected chi connectivity index (χ3v) is 2.84. The first kappa shape index (κ1) is 9.23. The molecule has 0 saturated carbocycles. The van der Waals surface area contributed by atoms with Gasteiger partial charge in [-0.1, -0.05) is 6.07 Å². The van der Waals surface area contributed by atoms with Crippen LogP contribution in [0.2, 0.25) is 0 Å². The van der Waals surface area contributed by atoms with Gasteiger partial charge in [-0.05, 0) is 49.6 Å². The molecule has 1 fully saturated rings. The van der Waals surface area contributed by atoms with Gasteiger partial charge in [0.1, 0.15) is 0 Å². The zero-order valence-electron chi connectivity index (χ0n) is 8.38. The largest absolute Gasteiger partial charge is 0.310 e. The Kier molecular flexibility index (Phi) is 2.51. The van der Waals surface area contributed by atoms with Crippen molar-refractivity contribution >= 4 is 0 Å². The average molecular weight is 186 g/mol. The number of nitrogens with zero attached hydrogens (tertiary/aromatic N) is 1. The Hall–Kier alpha value is -1.33. The summed E-state index contributed by atoms with van der Waals surface area (Å²) in [4.78, 5) is 0. The fourth-order valence-corrected chi connectivity index (χ4v) is 2.04. The molecule has 0 bridgehead atoms. The van der Waals surface area contributed by atoms with E-state index in [1.165, 1.54) is 24.0 Å². The van der Waals surface area contributed by atoms with E-state index in [4.69, 9.17) is 5.26 Å². The summed E-state index contributed by atoms with van der Waals surface area (Å²) in [5.41, 5.74) is 3.34. The summed E-state index contributed by atoms with van der Waals surface area (Å²) in [6.45, 7) is 3.21. The Morgan fingerprint density at radius 1 is 1.50 bits per heavy atom. The lowest BCUT2D eigenvalue weighted by atomic mass is 9.98. The van der Waals surface area contributed by atoms with E-state index in [0.29, 0.717) is 6.04 Å². The van der Waals surface area contributed by atoms with Gasteiger partial charge in [0, 0.05) is 6.04 Å². The lowest BCUT2D eigenvalue weighted by molar-refractivity contribution is 0.643. The maximum Gasteiger partial charge on any atom is 0.0991 e. The van der Waals surface area contributed by atoms with Crippen molar-refractivity contribution in [3.8, 4) is 6.07 Å². The molecule has 1 aromatic carbocycles. The summed E-state index contributed by atoms with van der Waals surface area (Å²) < 4.78 is 0. The Labute approximate surface area is 84.6 Å². The first-order chi connectivity index (χ1) is 6.81. The van der Waals surface area contributed by atoms with Gasteiger partial charge in [0.25, 0.3) is 0 Å². The van der Waals surface area contributed by atoms with Gasteiger partial charge in [-0.3, -0.25) is 0 Å². The molecule has 0 spiro atoms. The van der Waals surface area contributed by atoms with Crippen LogP contribution in [0.4, 0.5) is 0 Å². The minimum absolute atomic E-state index is 0.461. The van der Waals surface area contributed by atoms with Crippen LogP contribution >= 0.6 is 0 Å². The molecular formula is C12H14N2. The van der Waals surface area contributed by atoms with Crippen LogP contribution in [-0.2, 0) is 0 Å². The van der Waals surface area contributed by atoms with Gasteiger partial charge in [-0.2, -0.15) is 5.26 Å². The number of aryl methyl sites for hydroxylation is 1. The molecule has 1 aliphatic heterocycles. The number of rotatable bonds is 1. The van der Waals surface area contributed by atoms with Crippen LogP contribution in [0.3, 0.4) is 0 Å². The average Bonchev–Trinajstić information content (AvgIpc) is 2.71. The number of nitrogens with one attached hydrogen (secondary N) is 1. The van der Waals surface area contributed by atoms with Gasteiger partial charge in [0.15, 0.2) is 0 Å². The van der Waals surface area contributed by atoms with Crippen molar-refractivity contribution in [1.82, 2.24) is 5.32 Å². The SMILES string of the molecule is Cc1ccc(C#N)cc1[C@@H]1CCCN1. The Balaban J connectivity index is 2.35. The highest BCUT2D eigenvalue weighted by Crippen LogP contribution is 2.26. The van der Waals surface area contributed by atoms with Crippen molar-refractivity contribution in [3.05, 3.63) is 34.9 Å². The van der Waals surface area contributed by atoms with Crippen molar-refractivity contribution in [3.63, 3.8) is 0 Å². The van der Waals surface area contributed by atoms with Gasteiger partial charge < -0.3 is 5.32 Å². The maximum atomic E-state index is 8.83. The van der Waals surface area contributed by atoms with Crippen molar-refractivity contribution in [2.45, 2.75) is 25.8 Å². The van der Waals surface area contributed by atoms with Crippen molar-refractivity contribution in [1.29, 1.82) is 5.26 Å². The molecule has 2 rings (SSSR count). The monoisotopic (exact) mass is 186 g/mol. The molecule has 1 saturated heterocycles. The van der Waals surface area contributed by atoms with Crippen LogP contribution < -0.4 is 5.32 Å². The minimum Gasteiger partial charge on any atom is -0.310 e. The Bertz CT molecular complexity index is 370. The molecule has 72 valence electrons. The quantitative estimate of drug-likeness (QED) is 0.730. The third-order valence-electron chi connectivity index (χ3n) is 2.84. The summed E-state index contributed by atoms with van der Waals surface area (Å²) >= 11 is 0. The van der Waals surface area contributed by atoms with Crippen LogP contribution in [0.15, 0.2) is 18.2 Å². The normalized spacial score (nSPS) is 20.7. The fourth-order valence-electron chi connectivity index (χ4n) is 2.04. The second-order valence-corrected chi connectivity index (χ2v) is 3.83. The predicted octanol–water partition coefficient (Wildman–Crippen LogP) is 2.29. The first-order valence-corrected chi connectivity index (χ1v) is 5.05. The molecular weight excluding hydrogens is 172 g/mol. The molecule has 14 heavy (non-hydrogen) atoms. The molecule has 1 aromatic rings. The maximum absolute atomic E-state index is 8.83. The highest BCUT2D eigenvalue weighted by atomic mass is 14.9. The number of nitriles is 1. The fraction of sp³-hybridized carbons (Fsp3) is 0.417. The molecule has 0 aromatic heterocycles. The van der Waals surface area contributed by atoms with Crippen LogP contribution in [0.5, 0.6) is 0 Å². The molecule has 0 radical (unpaired) electrons. The first-order valence-electron chi connectivity index (χ1n) is 5.05. The predicted molar refractivity (Wildman–Crippen MR) is 55.9 cm³/mol. The molecule has 1 aliphatic rings. The van der Waals surface area contributed by atoms with Gasteiger partial charge in [-0.15, -0.1) is 0 Å². The van der Waals surface area contributed by atoms with Gasteiger partial charge in [0.05, 0.1) is 11.6 Å². The molecule has 0 aliphatic carbocycles. The summed E-state index contributed by atoms with van der Waals surface area (Å²) in [7, 11) is 0. The molecule has 1 N–H and O–H groups in total.